The predicted molar refractivity (Wildman–Crippen MR) is 136 cm³/mol. The SMILES string of the molecule is C1=CC(c2ccc3cccnc3c2)(c2ccc3cccnc3c2)C2=c3ccccc3=[Si]C2=C1. The Balaban J connectivity index is 1.63. The van der Waals surface area contributed by atoms with Crippen LogP contribution < -0.4 is 5.22 Å². The smallest absolute Gasteiger partial charge is 0.0705 e. The van der Waals surface area contributed by atoms with E-state index in [0.29, 0.717) is 9.13 Å². The van der Waals surface area contributed by atoms with Crippen molar-refractivity contribution in [2.45, 2.75) is 5.41 Å². The van der Waals surface area contributed by atoms with Gasteiger partial charge in [-0.2, -0.15) is 0 Å². The molecule has 2 nitrogen and oxygen atoms in total. The average molecular weight is 436 g/mol. The highest BCUT2D eigenvalue weighted by molar-refractivity contribution is 6.45. The van der Waals surface area contributed by atoms with Gasteiger partial charge in [-0.25, -0.2) is 0 Å². The number of hydrogen-bond acceptors (Lipinski definition) is 2. The van der Waals surface area contributed by atoms with Gasteiger partial charge < -0.3 is 0 Å². The summed E-state index contributed by atoms with van der Waals surface area (Å²) in [5.41, 5.74) is 5.51. The minimum atomic E-state index is -0.402. The molecule has 0 amide bonds. The molecule has 153 valence electrons. The van der Waals surface area contributed by atoms with E-state index >= 15 is 0 Å². The van der Waals surface area contributed by atoms with E-state index in [9.17, 15) is 0 Å². The molecule has 7 rings (SSSR count). The summed E-state index contributed by atoms with van der Waals surface area (Å²) >= 11 is 0. The van der Waals surface area contributed by atoms with Crippen LogP contribution in [-0.2, 0) is 5.41 Å². The van der Waals surface area contributed by atoms with Crippen molar-refractivity contribution in [1.82, 2.24) is 9.97 Å². The number of rotatable bonds is 2. The molecule has 0 unspecified atom stereocenters. The van der Waals surface area contributed by atoms with Gasteiger partial charge in [0, 0.05) is 23.2 Å². The highest BCUT2D eigenvalue weighted by Gasteiger charge is 2.40. The Bertz CT molecular complexity index is 1700. The van der Waals surface area contributed by atoms with Crippen LogP contribution in [0.1, 0.15) is 11.1 Å². The van der Waals surface area contributed by atoms with E-state index in [4.69, 9.17) is 0 Å². The molecule has 2 aliphatic rings. The van der Waals surface area contributed by atoms with E-state index in [1.165, 1.54) is 31.9 Å². The molecule has 0 N–H and O–H groups in total. The lowest BCUT2D eigenvalue weighted by atomic mass is 9.66. The standard InChI is InChI=1S/C30H19N2Si/c1-2-9-27-24(8-1)29-28(33-27)10-3-15-30(29,22-13-11-20-6-4-16-31-25(20)18-22)23-14-12-21-7-5-17-32-26(21)19-23/h1-19H. The summed E-state index contributed by atoms with van der Waals surface area (Å²) in [5, 5.41) is 5.09. The number of nitrogens with zero attached hydrogens (tertiary/aromatic N) is 2. The Morgan fingerprint density at radius 2 is 1.33 bits per heavy atom. The molecule has 1 aliphatic carbocycles. The van der Waals surface area contributed by atoms with Crippen LogP contribution in [0.15, 0.2) is 121 Å². The first-order chi connectivity index (χ1) is 16.3. The quantitative estimate of drug-likeness (QED) is 0.350. The first kappa shape index (κ1) is 18.6. The minimum absolute atomic E-state index is 0.402. The fourth-order valence-electron chi connectivity index (χ4n) is 5.36. The molecule has 0 atom stereocenters. The third-order valence-corrected chi connectivity index (χ3v) is 8.25. The Labute approximate surface area is 193 Å². The van der Waals surface area contributed by atoms with Crippen molar-refractivity contribution in [3.8, 4) is 0 Å². The van der Waals surface area contributed by atoms with Crippen molar-refractivity contribution in [2.75, 3.05) is 0 Å². The molecule has 1 radical (unpaired) electrons. The van der Waals surface area contributed by atoms with Crippen LogP contribution in [0.3, 0.4) is 0 Å². The number of aromatic nitrogens is 2. The van der Waals surface area contributed by atoms with Gasteiger partial charge in [0.05, 0.1) is 25.6 Å². The zero-order chi connectivity index (χ0) is 21.8. The number of benzene rings is 3. The van der Waals surface area contributed by atoms with Crippen LogP contribution in [0.25, 0.3) is 27.4 Å². The fraction of sp³-hybridized carbons (Fsp3) is 0.0333. The van der Waals surface area contributed by atoms with Gasteiger partial charge in [0.25, 0.3) is 0 Å². The minimum Gasteiger partial charge on any atom is -0.256 e. The molecule has 33 heavy (non-hydrogen) atoms. The molecule has 3 heteroatoms. The topological polar surface area (TPSA) is 25.8 Å². The lowest BCUT2D eigenvalue weighted by molar-refractivity contribution is 0.834. The third-order valence-electron chi connectivity index (χ3n) is 6.86. The number of allylic oxidation sites excluding steroid dienone is 4. The van der Waals surface area contributed by atoms with Crippen molar-refractivity contribution in [2.24, 2.45) is 0 Å². The first-order valence-electron chi connectivity index (χ1n) is 11.2. The van der Waals surface area contributed by atoms with E-state index in [-0.39, 0.29) is 0 Å². The van der Waals surface area contributed by atoms with Crippen LogP contribution in [0.5, 0.6) is 0 Å². The summed E-state index contributed by atoms with van der Waals surface area (Å²) < 4.78 is 0. The molecule has 1 aliphatic heterocycles. The monoisotopic (exact) mass is 435 g/mol. The maximum absolute atomic E-state index is 4.68. The van der Waals surface area contributed by atoms with Crippen molar-refractivity contribution in [3.63, 3.8) is 0 Å². The van der Waals surface area contributed by atoms with Gasteiger partial charge in [0.2, 0.25) is 0 Å². The summed E-state index contributed by atoms with van der Waals surface area (Å²) in [7, 11) is 0.670. The van der Waals surface area contributed by atoms with Gasteiger partial charge in [0.15, 0.2) is 0 Å². The summed E-state index contributed by atoms with van der Waals surface area (Å²) in [4.78, 5) is 10.8. The maximum Gasteiger partial charge on any atom is 0.0705 e. The number of fused-ring (bicyclic) bond motifs is 4. The van der Waals surface area contributed by atoms with E-state index in [1.807, 2.05) is 24.5 Å². The van der Waals surface area contributed by atoms with Crippen LogP contribution in [0.2, 0.25) is 0 Å². The third kappa shape index (κ3) is 2.69. The molecule has 2 aromatic heterocycles. The zero-order valence-electron chi connectivity index (χ0n) is 17.9. The Hall–Kier alpha value is -3.95. The van der Waals surface area contributed by atoms with Crippen molar-refractivity contribution < 1.29 is 0 Å². The molecule has 0 fully saturated rings. The fourth-order valence-corrected chi connectivity index (χ4v) is 6.81. The van der Waals surface area contributed by atoms with Crippen LogP contribution in [-0.4, -0.2) is 19.1 Å². The summed E-state index contributed by atoms with van der Waals surface area (Å²) in [5.74, 6) is 0. The maximum atomic E-state index is 4.68. The predicted octanol–water partition coefficient (Wildman–Crippen LogP) is 5.34. The summed E-state index contributed by atoms with van der Waals surface area (Å²) in [6, 6.07) is 30.6. The first-order valence-corrected chi connectivity index (χ1v) is 12.2. The Morgan fingerprint density at radius 1 is 0.667 bits per heavy atom. The van der Waals surface area contributed by atoms with Crippen LogP contribution in [0.4, 0.5) is 0 Å². The largest absolute Gasteiger partial charge is 0.256 e. The van der Waals surface area contributed by atoms with E-state index in [2.05, 4.69) is 101 Å². The number of pyridine rings is 2. The lowest BCUT2D eigenvalue weighted by Crippen LogP contribution is -2.32. The van der Waals surface area contributed by atoms with E-state index in [1.54, 1.807) is 0 Å². The molecular formula is C30H19N2Si. The van der Waals surface area contributed by atoms with Gasteiger partial charge in [-0.3, -0.25) is 9.97 Å². The van der Waals surface area contributed by atoms with Crippen molar-refractivity contribution in [3.05, 3.63) is 142 Å². The molecule has 3 aromatic carbocycles. The van der Waals surface area contributed by atoms with Crippen molar-refractivity contribution >= 4 is 36.5 Å². The van der Waals surface area contributed by atoms with Gasteiger partial charge in [0.1, 0.15) is 0 Å². The molecule has 0 saturated carbocycles. The van der Waals surface area contributed by atoms with E-state index < -0.39 is 5.41 Å². The second kappa shape index (κ2) is 7.02. The molecule has 0 spiro atoms. The Kier molecular flexibility index (Phi) is 3.96. The summed E-state index contributed by atoms with van der Waals surface area (Å²) in [6.07, 6.45) is 10.7. The summed E-state index contributed by atoms with van der Waals surface area (Å²) in [6.45, 7) is 0. The highest BCUT2D eigenvalue weighted by Crippen LogP contribution is 2.47. The lowest BCUT2D eigenvalue weighted by Gasteiger charge is -2.37. The Morgan fingerprint density at radius 3 is 2.03 bits per heavy atom. The molecule has 5 aromatic rings. The van der Waals surface area contributed by atoms with Gasteiger partial charge in [-0.05, 0) is 56.2 Å². The second-order valence-electron chi connectivity index (χ2n) is 8.61. The molecular weight excluding hydrogens is 416 g/mol. The van der Waals surface area contributed by atoms with Crippen LogP contribution in [0, 0.1) is 4.81 Å². The molecule has 0 saturated heterocycles. The number of hydrogen-bond donors (Lipinski definition) is 0. The molecule has 0 bridgehead atoms. The van der Waals surface area contributed by atoms with Crippen molar-refractivity contribution in [1.29, 1.82) is 0 Å². The van der Waals surface area contributed by atoms with Gasteiger partial charge >= 0.3 is 0 Å². The zero-order valence-corrected chi connectivity index (χ0v) is 18.9. The second-order valence-corrected chi connectivity index (χ2v) is 9.94. The highest BCUT2D eigenvalue weighted by atomic mass is 28.2. The average Bonchev–Trinajstić information content (AvgIpc) is 3.27. The van der Waals surface area contributed by atoms with E-state index in [0.717, 1.165) is 21.8 Å². The normalized spacial score (nSPS) is 15.8. The molecule has 3 heterocycles. The van der Waals surface area contributed by atoms with Gasteiger partial charge in [-0.15, -0.1) is 0 Å². The van der Waals surface area contributed by atoms with Gasteiger partial charge in [-0.1, -0.05) is 78.9 Å². The van der Waals surface area contributed by atoms with Crippen LogP contribution >= 0.6 is 0 Å².